The van der Waals surface area contributed by atoms with E-state index in [4.69, 9.17) is 0 Å². The Morgan fingerprint density at radius 1 is 1.52 bits per heavy atom. The quantitative estimate of drug-likeness (QED) is 0.620. The highest BCUT2D eigenvalue weighted by atomic mass is 32.2. The van der Waals surface area contributed by atoms with Gasteiger partial charge in [0.05, 0.1) is 11.3 Å². The molecule has 0 spiro atoms. The van der Waals surface area contributed by atoms with Gasteiger partial charge < -0.3 is 10.0 Å². The SMILES string of the molecule is CC1(C)[C@H](C(=O)O)N2C(=O)/C(=C\c3ccsn3)[C@H]2S1(=O)=O. The minimum Gasteiger partial charge on any atom is -0.480 e. The van der Waals surface area contributed by atoms with Gasteiger partial charge in [-0.25, -0.2) is 13.2 Å². The summed E-state index contributed by atoms with van der Waals surface area (Å²) in [6, 6.07) is 0.294. The largest absolute Gasteiger partial charge is 0.480 e. The van der Waals surface area contributed by atoms with Crippen LogP contribution >= 0.6 is 11.5 Å². The first kappa shape index (κ1) is 14.2. The lowest BCUT2D eigenvalue weighted by atomic mass is 9.95. The van der Waals surface area contributed by atoms with Gasteiger partial charge in [-0.2, -0.15) is 4.37 Å². The van der Waals surface area contributed by atoms with E-state index in [9.17, 15) is 23.1 Å². The molecule has 2 atom stereocenters. The molecule has 21 heavy (non-hydrogen) atoms. The summed E-state index contributed by atoms with van der Waals surface area (Å²) in [5.74, 6) is -1.87. The number of hydrogen-bond donors (Lipinski definition) is 1. The van der Waals surface area contributed by atoms with Crippen LogP contribution in [0.4, 0.5) is 0 Å². The molecule has 7 nitrogen and oxygen atoms in total. The van der Waals surface area contributed by atoms with Crippen molar-refractivity contribution in [3.63, 3.8) is 0 Å². The van der Waals surface area contributed by atoms with Gasteiger partial charge >= 0.3 is 5.97 Å². The zero-order valence-electron chi connectivity index (χ0n) is 11.2. The molecule has 2 aliphatic rings. The number of carbonyl (C=O) groups excluding carboxylic acids is 1. The van der Waals surface area contributed by atoms with Crippen LogP contribution in [0.1, 0.15) is 19.5 Å². The predicted octanol–water partition coefficient (Wildman–Crippen LogP) is 0.355. The first-order chi connectivity index (χ1) is 9.69. The summed E-state index contributed by atoms with van der Waals surface area (Å²) < 4.78 is 27.6. The number of nitrogens with zero attached hydrogens (tertiary/aromatic N) is 2. The molecule has 9 heteroatoms. The second-order valence-electron chi connectivity index (χ2n) is 5.48. The molecule has 0 unspecified atom stereocenters. The highest BCUT2D eigenvalue weighted by Gasteiger charge is 2.70. The van der Waals surface area contributed by atoms with E-state index in [0.29, 0.717) is 5.69 Å². The third kappa shape index (κ3) is 1.64. The molecule has 0 aromatic carbocycles. The first-order valence-corrected chi connectivity index (χ1v) is 8.49. The normalized spacial score (nSPS) is 31.0. The average Bonchev–Trinajstić information content (AvgIpc) is 2.91. The summed E-state index contributed by atoms with van der Waals surface area (Å²) in [6.07, 6.45) is 1.41. The molecule has 2 saturated heterocycles. The fourth-order valence-electron chi connectivity index (χ4n) is 2.80. The van der Waals surface area contributed by atoms with Gasteiger partial charge in [0.25, 0.3) is 5.91 Å². The summed E-state index contributed by atoms with van der Waals surface area (Å²) in [5, 5.41) is 9.79. The van der Waals surface area contributed by atoms with Crippen molar-refractivity contribution in [3.05, 3.63) is 22.7 Å². The van der Waals surface area contributed by atoms with Crippen LogP contribution in [0.15, 0.2) is 17.0 Å². The number of hydrogen-bond acceptors (Lipinski definition) is 6. The molecule has 1 aromatic heterocycles. The van der Waals surface area contributed by atoms with Crippen LogP contribution in [0.2, 0.25) is 0 Å². The monoisotopic (exact) mass is 328 g/mol. The van der Waals surface area contributed by atoms with E-state index in [1.165, 1.54) is 31.5 Å². The van der Waals surface area contributed by atoms with Gasteiger partial charge in [0.2, 0.25) is 0 Å². The molecule has 3 heterocycles. The summed E-state index contributed by atoms with van der Waals surface area (Å²) in [7, 11) is -3.81. The summed E-state index contributed by atoms with van der Waals surface area (Å²) >= 11 is 1.18. The number of fused-ring (bicyclic) bond motifs is 1. The predicted molar refractivity (Wildman–Crippen MR) is 75.1 cm³/mol. The van der Waals surface area contributed by atoms with Crippen molar-refractivity contribution < 1.29 is 23.1 Å². The zero-order chi connectivity index (χ0) is 15.6. The van der Waals surface area contributed by atoms with E-state index in [-0.39, 0.29) is 5.57 Å². The van der Waals surface area contributed by atoms with Crippen molar-refractivity contribution in [1.29, 1.82) is 0 Å². The Bertz CT molecular complexity index is 764. The highest BCUT2D eigenvalue weighted by molar-refractivity contribution is 7.94. The van der Waals surface area contributed by atoms with Gasteiger partial charge in [-0.1, -0.05) is 0 Å². The Morgan fingerprint density at radius 3 is 2.71 bits per heavy atom. The lowest BCUT2D eigenvalue weighted by Crippen LogP contribution is -2.58. The Labute approximate surface area is 125 Å². The lowest BCUT2D eigenvalue weighted by molar-refractivity contribution is -0.152. The molecule has 1 aromatic rings. The Kier molecular flexibility index (Phi) is 2.80. The topological polar surface area (TPSA) is 105 Å². The molecule has 0 aliphatic carbocycles. The van der Waals surface area contributed by atoms with Crippen molar-refractivity contribution in [1.82, 2.24) is 9.27 Å². The second kappa shape index (κ2) is 4.14. The molecule has 2 fully saturated rings. The molecule has 1 amide bonds. The van der Waals surface area contributed by atoms with Crippen LogP contribution in [-0.4, -0.2) is 50.8 Å². The van der Waals surface area contributed by atoms with E-state index >= 15 is 0 Å². The van der Waals surface area contributed by atoms with Crippen LogP contribution in [0, 0.1) is 0 Å². The van der Waals surface area contributed by atoms with Crippen molar-refractivity contribution in [2.24, 2.45) is 0 Å². The van der Waals surface area contributed by atoms with Gasteiger partial charge in [0, 0.05) is 5.38 Å². The number of rotatable bonds is 2. The Morgan fingerprint density at radius 2 is 2.19 bits per heavy atom. The van der Waals surface area contributed by atoms with Crippen LogP contribution in [-0.2, 0) is 19.4 Å². The maximum Gasteiger partial charge on any atom is 0.328 e. The van der Waals surface area contributed by atoms with Crippen LogP contribution in [0.5, 0.6) is 0 Å². The standard InChI is InChI=1S/C12H12N2O5S2/c1-12(2)8(11(16)17)14-9(15)7(10(14)21(12,18)19)5-6-3-4-20-13-6/h3-5,8,10H,1-2H3,(H,16,17)/b7-5+/t8-,10+/m0/s1. The molecule has 0 bridgehead atoms. The maximum absolute atomic E-state index is 12.6. The van der Waals surface area contributed by atoms with Gasteiger partial charge in [-0.3, -0.25) is 4.79 Å². The van der Waals surface area contributed by atoms with Gasteiger partial charge in [0.15, 0.2) is 21.3 Å². The number of carboxylic acid groups (broad SMARTS) is 1. The maximum atomic E-state index is 12.6. The summed E-state index contributed by atoms with van der Waals surface area (Å²) in [4.78, 5) is 24.5. The van der Waals surface area contributed by atoms with Crippen molar-refractivity contribution >= 4 is 39.3 Å². The van der Waals surface area contributed by atoms with Gasteiger partial charge in [0.1, 0.15) is 4.75 Å². The van der Waals surface area contributed by atoms with E-state index in [0.717, 1.165) is 4.90 Å². The van der Waals surface area contributed by atoms with Gasteiger partial charge in [-0.15, -0.1) is 0 Å². The fraction of sp³-hybridized carbons (Fsp3) is 0.417. The number of carbonyl (C=O) groups is 2. The van der Waals surface area contributed by atoms with Crippen molar-refractivity contribution in [2.75, 3.05) is 0 Å². The number of carboxylic acids is 1. The van der Waals surface area contributed by atoms with Crippen LogP contribution < -0.4 is 0 Å². The molecule has 0 radical (unpaired) electrons. The van der Waals surface area contributed by atoms with Gasteiger partial charge in [-0.05, 0) is 37.5 Å². The third-order valence-corrected chi connectivity index (χ3v) is 7.29. The molecule has 112 valence electrons. The smallest absolute Gasteiger partial charge is 0.328 e. The van der Waals surface area contributed by atoms with Crippen LogP contribution in [0.25, 0.3) is 6.08 Å². The minimum atomic E-state index is -3.81. The number of sulfone groups is 1. The van der Waals surface area contributed by atoms with E-state index in [1.807, 2.05) is 0 Å². The first-order valence-electron chi connectivity index (χ1n) is 6.10. The van der Waals surface area contributed by atoms with Crippen molar-refractivity contribution in [3.8, 4) is 0 Å². The number of aliphatic carboxylic acids is 1. The second-order valence-corrected chi connectivity index (χ2v) is 8.73. The van der Waals surface area contributed by atoms with Crippen LogP contribution in [0.3, 0.4) is 0 Å². The van der Waals surface area contributed by atoms with Crippen molar-refractivity contribution in [2.45, 2.75) is 30.0 Å². The van der Waals surface area contributed by atoms with E-state index in [2.05, 4.69) is 4.37 Å². The van der Waals surface area contributed by atoms with E-state index < -0.39 is 37.9 Å². The number of amides is 1. The number of aromatic nitrogens is 1. The Balaban J connectivity index is 2.12. The zero-order valence-corrected chi connectivity index (χ0v) is 12.8. The van der Waals surface area contributed by atoms with E-state index in [1.54, 1.807) is 11.4 Å². The summed E-state index contributed by atoms with van der Waals surface area (Å²) in [6.45, 7) is 2.68. The number of β-lactam (4-membered cyclic amide) rings is 1. The lowest BCUT2D eigenvalue weighted by Gasteiger charge is -2.37. The molecule has 3 rings (SSSR count). The molecule has 1 N–H and O–H groups in total. The Hall–Kier alpha value is -1.74. The highest BCUT2D eigenvalue weighted by Crippen LogP contribution is 2.48. The minimum absolute atomic E-state index is 0.0812. The average molecular weight is 328 g/mol. The summed E-state index contributed by atoms with van der Waals surface area (Å²) in [5.41, 5.74) is 0.576. The molecule has 0 saturated carbocycles. The third-order valence-electron chi connectivity index (χ3n) is 3.96. The fourth-order valence-corrected chi connectivity index (χ4v) is 5.41. The molecular weight excluding hydrogens is 316 g/mol. The molecular formula is C12H12N2O5S2. The molecule has 2 aliphatic heterocycles.